The largest absolute Gasteiger partial charge is 0.399 e. The molecule has 3 N–H and O–H groups in total. The molecular weight excluding hydrogens is 235 g/mol. The lowest BCUT2D eigenvalue weighted by molar-refractivity contribution is -0.116. The number of nitrogens with one attached hydrogen (secondary N) is 1. The Morgan fingerprint density at radius 2 is 2.33 bits per heavy atom. The molecular formula is C12H13FN4O. The van der Waals surface area contributed by atoms with E-state index in [2.05, 4.69) is 10.3 Å². The Balaban J connectivity index is 2.08. The summed E-state index contributed by atoms with van der Waals surface area (Å²) in [5, 5.41) is 2.47. The average molecular weight is 248 g/mol. The highest BCUT2D eigenvalue weighted by Crippen LogP contribution is 2.17. The molecule has 1 aromatic carbocycles. The van der Waals surface area contributed by atoms with E-state index in [1.54, 1.807) is 23.9 Å². The van der Waals surface area contributed by atoms with Gasteiger partial charge in [-0.05, 0) is 25.1 Å². The van der Waals surface area contributed by atoms with Gasteiger partial charge < -0.3 is 15.6 Å². The average Bonchev–Trinajstić information content (AvgIpc) is 2.70. The number of anilines is 2. The van der Waals surface area contributed by atoms with Crippen LogP contribution in [0.4, 0.5) is 15.8 Å². The van der Waals surface area contributed by atoms with Crippen molar-refractivity contribution in [2.24, 2.45) is 0 Å². The highest BCUT2D eigenvalue weighted by molar-refractivity contribution is 5.91. The van der Waals surface area contributed by atoms with E-state index in [0.717, 1.165) is 5.82 Å². The zero-order valence-corrected chi connectivity index (χ0v) is 9.85. The van der Waals surface area contributed by atoms with Crippen LogP contribution in [0, 0.1) is 12.7 Å². The number of imidazole rings is 1. The summed E-state index contributed by atoms with van der Waals surface area (Å²) in [5.41, 5.74) is 6.01. The van der Waals surface area contributed by atoms with Crippen LogP contribution in [0.3, 0.4) is 0 Å². The first-order valence-electron chi connectivity index (χ1n) is 5.39. The SMILES string of the molecule is Cc1nccn1CC(=O)Nc1cc(N)ccc1F. The van der Waals surface area contributed by atoms with Crippen LogP contribution in [0.2, 0.25) is 0 Å². The Kier molecular flexibility index (Phi) is 3.27. The smallest absolute Gasteiger partial charge is 0.244 e. The van der Waals surface area contributed by atoms with Gasteiger partial charge in [0.05, 0.1) is 5.69 Å². The summed E-state index contributed by atoms with van der Waals surface area (Å²) in [6.07, 6.45) is 3.29. The molecule has 5 nitrogen and oxygen atoms in total. The van der Waals surface area contributed by atoms with Gasteiger partial charge in [0, 0.05) is 18.1 Å². The van der Waals surface area contributed by atoms with Crippen molar-refractivity contribution < 1.29 is 9.18 Å². The normalized spacial score (nSPS) is 10.3. The molecule has 18 heavy (non-hydrogen) atoms. The first kappa shape index (κ1) is 12.1. The molecule has 0 saturated carbocycles. The van der Waals surface area contributed by atoms with E-state index < -0.39 is 5.82 Å². The molecule has 0 radical (unpaired) electrons. The lowest BCUT2D eigenvalue weighted by atomic mass is 10.2. The fraction of sp³-hybridized carbons (Fsp3) is 0.167. The molecule has 0 aliphatic heterocycles. The van der Waals surface area contributed by atoms with E-state index in [1.165, 1.54) is 18.2 Å². The molecule has 0 bridgehead atoms. The molecule has 2 rings (SSSR count). The van der Waals surface area contributed by atoms with Crippen molar-refractivity contribution in [1.29, 1.82) is 0 Å². The second-order valence-electron chi connectivity index (χ2n) is 3.89. The Labute approximate surface area is 103 Å². The molecule has 0 saturated heterocycles. The van der Waals surface area contributed by atoms with Crippen molar-refractivity contribution in [1.82, 2.24) is 9.55 Å². The number of rotatable bonds is 3. The number of nitrogen functional groups attached to an aromatic ring is 1. The molecule has 1 amide bonds. The van der Waals surface area contributed by atoms with Crippen LogP contribution in [0.15, 0.2) is 30.6 Å². The maximum Gasteiger partial charge on any atom is 0.244 e. The number of carbonyl (C=O) groups is 1. The maximum absolute atomic E-state index is 13.4. The van der Waals surface area contributed by atoms with Crippen molar-refractivity contribution in [3.63, 3.8) is 0 Å². The fourth-order valence-electron chi connectivity index (χ4n) is 1.55. The first-order valence-corrected chi connectivity index (χ1v) is 5.39. The number of benzene rings is 1. The van der Waals surface area contributed by atoms with E-state index >= 15 is 0 Å². The zero-order chi connectivity index (χ0) is 13.1. The number of aryl methyl sites for hydroxylation is 1. The fourth-order valence-corrected chi connectivity index (χ4v) is 1.55. The topological polar surface area (TPSA) is 72.9 Å². The Morgan fingerprint density at radius 3 is 3.00 bits per heavy atom. The quantitative estimate of drug-likeness (QED) is 0.809. The van der Waals surface area contributed by atoms with Crippen LogP contribution >= 0.6 is 0 Å². The van der Waals surface area contributed by atoms with Gasteiger partial charge in [0.15, 0.2) is 0 Å². The lowest BCUT2D eigenvalue weighted by Crippen LogP contribution is -2.19. The van der Waals surface area contributed by atoms with Crippen LogP contribution in [0.1, 0.15) is 5.82 Å². The highest BCUT2D eigenvalue weighted by Gasteiger charge is 2.09. The zero-order valence-electron chi connectivity index (χ0n) is 9.85. The van der Waals surface area contributed by atoms with Crippen molar-refractivity contribution in [3.05, 3.63) is 42.2 Å². The molecule has 0 aliphatic carbocycles. The van der Waals surface area contributed by atoms with Crippen LogP contribution in [-0.4, -0.2) is 15.5 Å². The molecule has 0 aliphatic rings. The molecule has 0 spiro atoms. The number of nitrogens with zero attached hydrogens (tertiary/aromatic N) is 2. The van der Waals surface area contributed by atoms with Crippen molar-refractivity contribution in [3.8, 4) is 0 Å². The van der Waals surface area contributed by atoms with Crippen LogP contribution in [0.5, 0.6) is 0 Å². The molecule has 1 heterocycles. The monoisotopic (exact) mass is 248 g/mol. The predicted octanol–water partition coefficient (Wildman–Crippen LogP) is 1.55. The molecule has 0 atom stereocenters. The summed E-state index contributed by atoms with van der Waals surface area (Å²) in [6, 6.07) is 4.03. The van der Waals surface area contributed by atoms with Crippen LogP contribution in [0.25, 0.3) is 0 Å². The van der Waals surface area contributed by atoms with Gasteiger partial charge >= 0.3 is 0 Å². The first-order chi connectivity index (χ1) is 8.56. The predicted molar refractivity (Wildman–Crippen MR) is 66.4 cm³/mol. The Bertz CT molecular complexity index is 579. The molecule has 0 fully saturated rings. The standard InChI is InChI=1S/C12H13FN4O/c1-8-15-4-5-17(8)7-12(18)16-11-6-9(14)2-3-10(11)13/h2-6H,7,14H2,1H3,(H,16,18). The van der Waals surface area contributed by atoms with Crippen molar-refractivity contribution >= 4 is 17.3 Å². The number of halogens is 1. The molecule has 1 aromatic heterocycles. The lowest BCUT2D eigenvalue weighted by Gasteiger charge is -2.08. The van der Waals surface area contributed by atoms with Crippen molar-refractivity contribution in [2.75, 3.05) is 11.1 Å². The van der Waals surface area contributed by atoms with E-state index in [-0.39, 0.29) is 18.1 Å². The molecule has 0 unspecified atom stereocenters. The number of nitrogens with two attached hydrogens (primary N) is 1. The summed E-state index contributed by atoms with van der Waals surface area (Å²) >= 11 is 0. The third-order valence-electron chi connectivity index (χ3n) is 2.50. The maximum atomic E-state index is 13.4. The van der Waals surface area contributed by atoms with Crippen molar-refractivity contribution in [2.45, 2.75) is 13.5 Å². The van der Waals surface area contributed by atoms with Gasteiger partial charge in [-0.15, -0.1) is 0 Å². The van der Waals surface area contributed by atoms with E-state index in [9.17, 15) is 9.18 Å². The van der Waals surface area contributed by atoms with Gasteiger partial charge in [-0.2, -0.15) is 0 Å². The van der Waals surface area contributed by atoms with Gasteiger partial charge in [0.25, 0.3) is 0 Å². The van der Waals surface area contributed by atoms with E-state index in [4.69, 9.17) is 5.73 Å². The third kappa shape index (κ3) is 2.65. The van der Waals surface area contributed by atoms with Crippen LogP contribution in [-0.2, 0) is 11.3 Å². The number of hydrogen-bond donors (Lipinski definition) is 2. The molecule has 94 valence electrons. The summed E-state index contributed by atoms with van der Waals surface area (Å²) in [4.78, 5) is 15.7. The minimum absolute atomic E-state index is 0.0813. The Morgan fingerprint density at radius 1 is 1.56 bits per heavy atom. The minimum atomic E-state index is -0.514. The number of amides is 1. The van der Waals surface area contributed by atoms with E-state index in [0.29, 0.717) is 5.69 Å². The highest BCUT2D eigenvalue weighted by atomic mass is 19.1. The molecule has 2 aromatic rings. The van der Waals surface area contributed by atoms with Gasteiger partial charge in [-0.3, -0.25) is 4.79 Å². The number of carbonyl (C=O) groups excluding carboxylic acids is 1. The van der Waals surface area contributed by atoms with Gasteiger partial charge in [0.2, 0.25) is 5.91 Å². The molecule has 6 heteroatoms. The second kappa shape index (κ2) is 4.87. The number of hydrogen-bond acceptors (Lipinski definition) is 3. The summed E-state index contributed by atoms with van der Waals surface area (Å²) in [5.74, 6) is -0.126. The number of aromatic nitrogens is 2. The summed E-state index contributed by atoms with van der Waals surface area (Å²) < 4.78 is 15.1. The minimum Gasteiger partial charge on any atom is -0.399 e. The third-order valence-corrected chi connectivity index (χ3v) is 2.50. The van der Waals surface area contributed by atoms with Gasteiger partial charge in [0.1, 0.15) is 18.2 Å². The van der Waals surface area contributed by atoms with Gasteiger partial charge in [-0.1, -0.05) is 0 Å². The summed E-state index contributed by atoms with van der Waals surface area (Å²) in [7, 11) is 0. The Hall–Kier alpha value is -2.37. The van der Waals surface area contributed by atoms with Crippen LogP contribution < -0.4 is 11.1 Å². The second-order valence-corrected chi connectivity index (χ2v) is 3.89. The van der Waals surface area contributed by atoms with Gasteiger partial charge in [-0.25, -0.2) is 9.37 Å². The van der Waals surface area contributed by atoms with E-state index in [1.807, 2.05) is 0 Å². The summed E-state index contributed by atoms with van der Waals surface area (Å²) in [6.45, 7) is 1.87.